The van der Waals surface area contributed by atoms with Crippen LogP contribution in [0.3, 0.4) is 0 Å². The molecule has 154 valence electrons. The molecule has 1 aliphatic heterocycles. The van der Waals surface area contributed by atoms with Gasteiger partial charge in [-0.2, -0.15) is 0 Å². The van der Waals surface area contributed by atoms with Crippen molar-refractivity contribution in [3.63, 3.8) is 0 Å². The van der Waals surface area contributed by atoms with Gasteiger partial charge in [0.1, 0.15) is 5.60 Å². The minimum absolute atomic E-state index is 0.208. The topological polar surface area (TPSA) is 73.9 Å². The number of carbonyl (C=O) groups is 2. The second kappa shape index (κ2) is 8.01. The van der Waals surface area contributed by atoms with Gasteiger partial charge in [0.2, 0.25) is 0 Å². The maximum atomic E-state index is 12.1. The van der Waals surface area contributed by atoms with Crippen molar-refractivity contribution in [2.24, 2.45) is 0 Å². The number of amides is 1. The van der Waals surface area contributed by atoms with E-state index in [-0.39, 0.29) is 6.54 Å². The maximum absolute atomic E-state index is 12.1. The molecule has 0 spiro atoms. The highest BCUT2D eigenvalue weighted by Gasteiger charge is 2.52. The standard InChI is InChI=1S/C20H30BNO5S/c1-13-9-15(12-23)28-16(13)10-14(11-22-17(24)25-18(2,3)4)21-26-19(5,6)20(7,8)27-21/h9-10,12H,11H2,1-8H3,(H,22,24). The first-order chi connectivity index (χ1) is 12.7. The average molecular weight is 407 g/mol. The van der Waals surface area contributed by atoms with Gasteiger partial charge in [0.15, 0.2) is 6.29 Å². The fourth-order valence-electron chi connectivity index (χ4n) is 2.58. The molecular weight excluding hydrogens is 377 g/mol. The molecule has 1 aromatic rings. The Morgan fingerprint density at radius 3 is 2.29 bits per heavy atom. The lowest BCUT2D eigenvalue weighted by Gasteiger charge is -2.32. The van der Waals surface area contributed by atoms with Crippen molar-refractivity contribution in [2.45, 2.75) is 72.2 Å². The fourth-order valence-corrected chi connectivity index (χ4v) is 3.54. The van der Waals surface area contributed by atoms with Crippen molar-refractivity contribution in [1.29, 1.82) is 0 Å². The Balaban J connectivity index is 2.28. The van der Waals surface area contributed by atoms with E-state index in [4.69, 9.17) is 14.0 Å². The Kier molecular flexibility index (Phi) is 6.48. The lowest BCUT2D eigenvalue weighted by Crippen LogP contribution is -2.41. The van der Waals surface area contributed by atoms with Crippen molar-refractivity contribution < 1.29 is 23.6 Å². The van der Waals surface area contributed by atoms with Crippen LogP contribution in [0.5, 0.6) is 0 Å². The van der Waals surface area contributed by atoms with Gasteiger partial charge in [-0.05, 0) is 78.6 Å². The third-order valence-corrected chi connectivity index (χ3v) is 5.91. The molecule has 28 heavy (non-hydrogen) atoms. The molecule has 0 atom stereocenters. The van der Waals surface area contributed by atoms with E-state index in [9.17, 15) is 9.59 Å². The first kappa shape index (κ1) is 22.7. The molecule has 0 bridgehead atoms. The molecule has 0 saturated carbocycles. The molecule has 0 aliphatic carbocycles. The zero-order chi connectivity index (χ0) is 21.3. The third-order valence-electron chi connectivity index (χ3n) is 4.80. The molecule has 1 amide bonds. The van der Waals surface area contributed by atoms with Gasteiger partial charge in [-0.3, -0.25) is 4.79 Å². The van der Waals surface area contributed by atoms with E-state index >= 15 is 0 Å². The van der Waals surface area contributed by atoms with E-state index in [2.05, 4.69) is 5.32 Å². The normalized spacial score (nSPS) is 18.9. The highest BCUT2D eigenvalue weighted by molar-refractivity contribution is 7.14. The summed E-state index contributed by atoms with van der Waals surface area (Å²) >= 11 is 1.39. The van der Waals surface area contributed by atoms with Crippen LogP contribution < -0.4 is 5.32 Å². The van der Waals surface area contributed by atoms with Crippen LogP contribution in [-0.2, 0) is 14.0 Å². The van der Waals surface area contributed by atoms with Gasteiger partial charge in [0.05, 0.1) is 16.1 Å². The SMILES string of the molecule is Cc1cc(C=O)sc1C=C(CNC(=O)OC(C)(C)C)B1OC(C)(C)C(C)(C)O1. The summed E-state index contributed by atoms with van der Waals surface area (Å²) in [5, 5.41) is 2.78. The number of thiophene rings is 1. The zero-order valence-electron chi connectivity index (χ0n) is 18.0. The molecule has 1 N–H and O–H groups in total. The molecule has 1 aliphatic rings. The van der Waals surface area contributed by atoms with E-state index in [0.29, 0.717) is 4.88 Å². The van der Waals surface area contributed by atoms with Crippen molar-refractivity contribution in [2.75, 3.05) is 6.54 Å². The summed E-state index contributed by atoms with van der Waals surface area (Å²) in [6.07, 6.45) is 2.25. The van der Waals surface area contributed by atoms with Gasteiger partial charge in [0, 0.05) is 11.4 Å². The monoisotopic (exact) mass is 407 g/mol. The first-order valence-corrected chi connectivity index (χ1v) is 10.1. The minimum atomic E-state index is -0.610. The van der Waals surface area contributed by atoms with Crippen molar-refractivity contribution in [3.05, 3.63) is 26.9 Å². The predicted molar refractivity (Wildman–Crippen MR) is 113 cm³/mol. The summed E-state index contributed by atoms with van der Waals surface area (Å²) < 4.78 is 17.6. The van der Waals surface area contributed by atoms with Crippen LogP contribution in [0.1, 0.15) is 68.6 Å². The molecule has 8 heteroatoms. The van der Waals surface area contributed by atoms with Crippen LogP contribution in [0.25, 0.3) is 6.08 Å². The highest BCUT2D eigenvalue weighted by Crippen LogP contribution is 2.39. The first-order valence-electron chi connectivity index (χ1n) is 9.33. The number of alkyl carbamates (subject to hydrolysis) is 1. The van der Waals surface area contributed by atoms with Crippen LogP contribution in [0.15, 0.2) is 11.5 Å². The maximum Gasteiger partial charge on any atom is 0.492 e. The van der Waals surface area contributed by atoms with Gasteiger partial charge >= 0.3 is 13.2 Å². The van der Waals surface area contributed by atoms with Crippen LogP contribution in [0, 0.1) is 6.92 Å². The number of nitrogens with one attached hydrogen (secondary N) is 1. The number of rotatable bonds is 5. The van der Waals surface area contributed by atoms with Crippen LogP contribution in [-0.4, -0.2) is 42.8 Å². The number of aryl methyl sites for hydroxylation is 1. The number of ether oxygens (including phenoxy) is 1. The van der Waals surface area contributed by atoms with E-state index in [1.807, 2.05) is 67.5 Å². The lowest BCUT2D eigenvalue weighted by molar-refractivity contribution is 0.00578. The van der Waals surface area contributed by atoms with Crippen LogP contribution >= 0.6 is 11.3 Å². The van der Waals surface area contributed by atoms with Gasteiger partial charge < -0.3 is 19.4 Å². The van der Waals surface area contributed by atoms with Gasteiger partial charge in [-0.25, -0.2) is 4.79 Å². The van der Waals surface area contributed by atoms with Crippen molar-refractivity contribution in [3.8, 4) is 0 Å². The van der Waals surface area contributed by atoms with E-state index in [0.717, 1.165) is 22.2 Å². The fraction of sp³-hybridized carbons (Fsp3) is 0.600. The lowest BCUT2D eigenvalue weighted by atomic mass is 9.77. The minimum Gasteiger partial charge on any atom is -0.444 e. The molecule has 0 unspecified atom stereocenters. The Hall–Kier alpha value is -1.64. The second-order valence-electron chi connectivity index (χ2n) is 8.98. The molecule has 2 rings (SSSR count). The Labute approximate surface area is 171 Å². The van der Waals surface area contributed by atoms with Crippen molar-refractivity contribution in [1.82, 2.24) is 5.32 Å². The molecule has 1 fully saturated rings. The molecular formula is C20H30BNO5S. The van der Waals surface area contributed by atoms with Crippen LogP contribution in [0.4, 0.5) is 4.79 Å². The summed E-state index contributed by atoms with van der Waals surface area (Å²) in [7, 11) is -0.610. The Morgan fingerprint density at radius 1 is 1.25 bits per heavy atom. The molecule has 2 heterocycles. The molecule has 1 saturated heterocycles. The summed E-state index contributed by atoms with van der Waals surface area (Å²) in [4.78, 5) is 24.8. The molecule has 0 radical (unpaired) electrons. The Morgan fingerprint density at radius 2 is 1.82 bits per heavy atom. The molecule has 0 aromatic carbocycles. The summed E-state index contributed by atoms with van der Waals surface area (Å²) in [5.41, 5.74) is 0.161. The number of carbonyl (C=O) groups excluding carboxylic acids is 2. The highest BCUT2D eigenvalue weighted by atomic mass is 32.1. The number of hydrogen-bond acceptors (Lipinski definition) is 6. The van der Waals surface area contributed by atoms with Gasteiger partial charge in [-0.1, -0.05) is 0 Å². The Bertz CT molecular complexity index is 760. The summed E-state index contributed by atoms with van der Waals surface area (Å²) in [5.74, 6) is 0. The molecule has 6 nitrogen and oxygen atoms in total. The smallest absolute Gasteiger partial charge is 0.444 e. The van der Waals surface area contributed by atoms with Crippen LogP contribution in [0.2, 0.25) is 0 Å². The summed E-state index contributed by atoms with van der Waals surface area (Å²) in [6.45, 7) is 15.5. The quantitative estimate of drug-likeness (QED) is 0.578. The number of aldehydes is 1. The van der Waals surface area contributed by atoms with E-state index < -0.39 is 30.0 Å². The zero-order valence-corrected chi connectivity index (χ0v) is 18.8. The van der Waals surface area contributed by atoms with Crippen molar-refractivity contribution >= 4 is 36.9 Å². The third kappa shape index (κ3) is 5.46. The van der Waals surface area contributed by atoms with Gasteiger partial charge in [0.25, 0.3) is 0 Å². The van der Waals surface area contributed by atoms with E-state index in [1.165, 1.54) is 11.3 Å². The second-order valence-corrected chi connectivity index (χ2v) is 10.1. The average Bonchev–Trinajstić information content (AvgIpc) is 2.98. The van der Waals surface area contributed by atoms with Gasteiger partial charge in [-0.15, -0.1) is 11.3 Å². The largest absolute Gasteiger partial charge is 0.492 e. The predicted octanol–water partition coefficient (Wildman–Crippen LogP) is 4.41. The summed E-state index contributed by atoms with van der Waals surface area (Å²) in [6, 6.07) is 1.84. The number of hydrogen-bond donors (Lipinski definition) is 1. The van der Waals surface area contributed by atoms with E-state index in [1.54, 1.807) is 0 Å². The molecule has 1 aromatic heterocycles.